The van der Waals surface area contributed by atoms with Crippen molar-refractivity contribution in [2.75, 3.05) is 19.6 Å². The molecule has 0 spiro atoms. The molecule has 1 heterocycles. The molecule has 0 aliphatic rings. The molecule has 0 radical (unpaired) electrons. The maximum absolute atomic E-state index is 13.6. The van der Waals surface area contributed by atoms with Crippen molar-refractivity contribution in [2.24, 2.45) is 0 Å². The Labute approximate surface area is 141 Å². The van der Waals surface area contributed by atoms with Gasteiger partial charge in [0.05, 0.1) is 19.8 Å². The molecule has 24 heavy (non-hydrogen) atoms. The number of nitrogens with one attached hydrogen (secondary N) is 2. The van der Waals surface area contributed by atoms with E-state index in [1.807, 2.05) is 0 Å². The lowest BCUT2D eigenvalue weighted by Crippen LogP contribution is -2.29. The Balaban J connectivity index is 1.83. The van der Waals surface area contributed by atoms with E-state index >= 15 is 0 Å². The largest absolute Gasteiger partial charge is 0.495 e. The Hall–Kier alpha value is -2.87. The average molecular weight is 347 g/mol. The Kier molecular flexibility index (Phi) is 4.48. The Morgan fingerprint density at radius 1 is 1.12 bits per heavy atom. The van der Waals surface area contributed by atoms with E-state index in [4.69, 9.17) is 9.47 Å². The topological polar surface area (TPSA) is 72.5 Å². The molecule has 0 atom stereocenters. The summed E-state index contributed by atoms with van der Waals surface area (Å²) in [6, 6.07) is 9.26. The minimum absolute atomic E-state index is 0.0544. The summed E-state index contributed by atoms with van der Waals surface area (Å²) in [6.07, 6.45) is 0. The standard InChI is InChI=1S/C16H14FN3O3S/c1-22-11-7-8-12(23-2)14-13(11)18-16(24-14)20-19-15(21)9-5-3-4-6-10(9)17/h3-8H,1-2H3,(H,18,20)(H,19,21). The number of carbonyl (C=O) groups excluding carboxylic acids is 1. The van der Waals surface area contributed by atoms with E-state index < -0.39 is 11.7 Å². The summed E-state index contributed by atoms with van der Waals surface area (Å²) in [5.74, 6) is 0.0584. The first kappa shape index (κ1) is 16.0. The fourth-order valence-electron chi connectivity index (χ4n) is 2.16. The van der Waals surface area contributed by atoms with Gasteiger partial charge in [-0.3, -0.25) is 15.6 Å². The summed E-state index contributed by atoms with van der Waals surface area (Å²) in [5, 5.41) is 0.428. The van der Waals surface area contributed by atoms with E-state index in [0.717, 1.165) is 4.70 Å². The fourth-order valence-corrected chi connectivity index (χ4v) is 3.09. The molecular formula is C16H14FN3O3S. The summed E-state index contributed by atoms with van der Waals surface area (Å²) in [5.41, 5.74) is 5.68. The summed E-state index contributed by atoms with van der Waals surface area (Å²) < 4.78 is 24.9. The van der Waals surface area contributed by atoms with E-state index in [-0.39, 0.29) is 5.56 Å². The second kappa shape index (κ2) is 6.71. The van der Waals surface area contributed by atoms with Gasteiger partial charge in [0.2, 0.25) is 5.13 Å². The number of thiazole rings is 1. The number of anilines is 1. The number of aromatic nitrogens is 1. The van der Waals surface area contributed by atoms with Gasteiger partial charge in [-0.05, 0) is 24.3 Å². The molecule has 0 bridgehead atoms. The highest BCUT2D eigenvalue weighted by atomic mass is 32.1. The Morgan fingerprint density at radius 2 is 1.83 bits per heavy atom. The number of fused-ring (bicyclic) bond motifs is 1. The van der Waals surface area contributed by atoms with Crippen LogP contribution in [0.4, 0.5) is 9.52 Å². The minimum Gasteiger partial charge on any atom is -0.495 e. The molecule has 124 valence electrons. The molecular weight excluding hydrogens is 333 g/mol. The maximum Gasteiger partial charge on any atom is 0.272 e. The molecule has 2 aromatic carbocycles. The summed E-state index contributed by atoms with van der Waals surface area (Å²) >= 11 is 1.28. The number of amides is 1. The van der Waals surface area contributed by atoms with Gasteiger partial charge in [0.1, 0.15) is 27.5 Å². The van der Waals surface area contributed by atoms with Gasteiger partial charge < -0.3 is 9.47 Å². The third-order valence-corrected chi connectivity index (χ3v) is 4.30. The van der Waals surface area contributed by atoms with Crippen LogP contribution in [0.2, 0.25) is 0 Å². The summed E-state index contributed by atoms with van der Waals surface area (Å²) in [7, 11) is 3.11. The number of hydrogen-bond acceptors (Lipinski definition) is 6. The summed E-state index contributed by atoms with van der Waals surface area (Å²) in [6.45, 7) is 0. The van der Waals surface area contributed by atoms with Crippen LogP contribution < -0.4 is 20.3 Å². The second-order valence-corrected chi connectivity index (χ2v) is 5.72. The smallest absolute Gasteiger partial charge is 0.272 e. The van der Waals surface area contributed by atoms with Crippen molar-refractivity contribution in [1.82, 2.24) is 10.4 Å². The number of hydrogen-bond donors (Lipinski definition) is 2. The molecule has 1 amide bonds. The van der Waals surface area contributed by atoms with Crippen LogP contribution in [0, 0.1) is 5.82 Å². The third-order valence-electron chi connectivity index (χ3n) is 3.31. The van der Waals surface area contributed by atoms with Gasteiger partial charge in [0.15, 0.2) is 0 Å². The predicted molar refractivity (Wildman–Crippen MR) is 90.2 cm³/mol. The molecule has 6 nitrogen and oxygen atoms in total. The number of halogens is 1. The SMILES string of the molecule is COc1ccc(OC)c2sc(NNC(=O)c3ccccc3F)nc12. The lowest BCUT2D eigenvalue weighted by Gasteiger charge is -2.05. The van der Waals surface area contributed by atoms with Crippen LogP contribution in [0.15, 0.2) is 36.4 Å². The lowest BCUT2D eigenvalue weighted by molar-refractivity contribution is 0.0958. The van der Waals surface area contributed by atoms with Crippen LogP contribution in [0.25, 0.3) is 10.2 Å². The molecule has 0 aliphatic heterocycles. The van der Waals surface area contributed by atoms with Crippen LogP contribution >= 0.6 is 11.3 Å². The molecule has 0 fully saturated rings. The molecule has 2 N–H and O–H groups in total. The van der Waals surface area contributed by atoms with Crippen molar-refractivity contribution in [3.05, 3.63) is 47.8 Å². The Morgan fingerprint density at radius 3 is 2.54 bits per heavy atom. The molecule has 0 unspecified atom stereocenters. The van der Waals surface area contributed by atoms with E-state index in [0.29, 0.717) is 22.1 Å². The molecule has 0 aliphatic carbocycles. The van der Waals surface area contributed by atoms with Gasteiger partial charge in [-0.25, -0.2) is 9.37 Å². The zero-order valence-corrected chi connectivity index (χ0v) is 13.7. The molecule has 3 aromatic rings. The first-order valence-corrected chi connectivity index (χ1v) is 7.78. The number of benzene rings is 2. The fraction of sp³-hybridized carbons (Fsp3) is 0.125. The van der Waals surface area contributed by atoms with Crippen LogP contribution in [-0.4, -0.2) is 25.1 Å². The van der Waals surface area contributed by atoms with Crippen LogP contribution in [0.1, 0.15) is 10.4 Å². The number of rotatable bonds is 5. The number of nitrogens with zero attached hydrogens (tertiary/aromatic N) is 1. The minimum atomic E-state index is -0.593. The number of carbonyl (C=O) groups is 1. The van der Waals surface area contributed by atoms with Crippen molar-refractivity contribution in [3.63, 3.8) is 0 Å². The molecule has 1 aromatic heterocycles. The van der Waals surface area contributed by atoms with Crippen molar-refractivity contribution in [3.8, 4) is 11.5 Å². The Bertz CT molecular complexity index is 856. The molecule has 0 saturated heterocycles. The molecule has 0 saturated carbocycles. The molecule has 3 rings (SSSR count). The third kappa shape index (κ3) is 2.95. The predicted octanol–water partition coefficient (Wildman–Crippen LogP) is 3.21. The van der Waals surface area contributed by atoms with E-state index in [1.165, 1.54) is 29.5 Å². The highest BCUT2D eigenvalue weighted by Crippen LogP contribution is 2.38. The monoisotopic (exact) mass is 347 g/mol. The number of ether oxygens (including phenoxy) is 2. The lowest BCUT2D eigenvalue weighted by atomic mass is 10.2. The summed E-state index contributed by atoms with van der Waals surface area (Å²) in [4.78, 5) is 16.4. The van der Waals surface area contributed by atoms with E-state index in [2.05, 4.69) is 15.8 Å². The van der Waals surface area contributed by atoms with E-state index in [9.17, 15) is 9.18 Å². The molecule has 8 heteroatoms. The van der Waals surface area contributed by atoms with Gasteiger partial charge >= 0.3 is 0 Å². The van der Waals surface area contributed by atoms with Gasteiger partial charge in [-0.15, -0.1) is 0 Å². The van der Waals surface area contributed by atoms with Crippen molar-refractivity contribution in [2.45, 2.75) is 0 Å². The first-order valence-electron chi connectivity index (χ1n) is 6.96. The zero-order chi connectivity index (χ0) is 17.1. The quantitative estimate of drug-likeness (QED) is 0.694. The number of hydrazine groups is 1. The highest BCUT2D eigenvalue weighted by Gasteiger charge is 2.15. The van der Waals surface area contributed by atoms with Gasteiger partial charge in [0, 0.05) is 0 Å². The second-order valence-electron chi connectivity index (χ2n) is 4.73. The van der Waals surface area contributed by atoms with Crippen molar-refractivity contribution < 1.29 is 18.7 Å². The number of methoxy groups -OCH3 is 2. The van der Waals surface area contributed by atoms with Crippen LogP contribution in [-0.2, 0) is 0 Å². The van der Waals surface area contributed by atoms with Crippen molar-refractivity contribution >= 4 is 32.6 Å². The maximum atomic E-state index is 13.6. The van der Waals surface area contributed by atoms with Crippen LogP contribution in [0.5, 0.6) is 11.5 Å². The first-order chi connectivity index (χ1) is 11.6. The normalized spacial score (nSPS) is 10.5. The van der Waals surface area contributed by atoms with E-state index in [1.54, 1.807) is 32.4 Å². The van der Waals surface area contributed by atoms with Gasteiger partial charge in [-0.1, -0.05) is 23.5 Å². The van der Waals surface area contributed by atoms with Gasteiger partial charge in [0.25, 0.3) is 5.91 Å². The average Bonchev–Trinajstić information content (AvgIpc) is 3.03. The zero-order valence-electron chi connectivity index (χ0n) is 12.9. The van der Waals surface area contributed by atoms with Crippen molar-refractivity contribution in [1.29, 1.82) is 0 Å². The highest BCUT2D eigenvalue weighted by molar-refractivity contribution is 7.22. The van der Waals surface area contributed by atoms with Crippen LogP contribution in [0.3, 0.4) is 0 Å². The van der Waals surface area contributed by atoms with Gasteiger partial charge in [-0.2, -0.15) is 0 Å².